The van der Waals surface area contributed by atoms with E-state index < -0.39 is 61.7 Å². The molecule has 8 aromatic carbocycles. The number of nitriles is 1. The summed E-state index contributed by atoms with van der Waals surface area (Å²) in [7, 11) is -0.834. The van der Waals surface area contributed by atoms with Gasteiger partial charge in [0, 0.05) is 35.5 Å². The van der Waals surface area contributed by atoms with Crippen LogP contribution in [0.4, 0.5) is 0 Å². The van der Waals surface area contributed by atoms with Crippen molar-refractivity contribution >= 4 is 62.4 Å². The molecule has 9 aromatic rings. The second-order valence-electron chi connectivity index (χ2n) is 33.5. The molecule has 648 valence electrons. The van der Waals surface area contributed by atoms with Crippen LogP contribution in [-0.4, -0.2) is 108 Å². The standard InChI is InChI=1S/C26H30N2O4.C16H20O6.C11H16N2.C11H13N.C11H16O3S.C11H14O2.C10H14O.CH3I/c1-25(2,3)32-24(30)21-22(31-17-18-12-8-6-9-13-18)23(29)28-20(27-21)16-26(4,5)19-14-10-7-11-15-19;1-16(2,3)22-14(18)12(17)13(15(19)20-4)21-10-11-8-6-5-7-9-11;1-11(2,8-10(12)13)9-6-4-3-5-7-9;1-11(2,8-9-12)10-6-4-3-5-7-10;1-11(2,9-14-15(3,12)13)10-7-5-4-6-8-10;1-11(2,10(12)13-3)9-7-5-4-6-8-9;1-10(2,8-11)9-6-4-3-5-7-9;1-2/h6-15H,16-17H2,1-5H3,(H,27,28,29);5-9,17H,10H2,1-4H3;3-7H,8H2,1-2H3,(H3,12,13);3-7H,8H2,1-2H3;4-8H,9H2,1-3H3;4-8H,1-3H3;3-7,11H,8H2,1-2H3;1H3/b;13-12+;;;;;;. The first kappa shape index (κ1) is 105. The molecule has 0 aliphatic heterocycles. The molecule has 0 aliphatic carbocycles. The normalized spacial score (nSPS) is 11.6. The number of carbonyl (C=O) groups excluding carboxylic acids is 4. The lowest BCUT2D eigenvalue weighted by Crippen LogP contribution is -2.29. The molecule has 0 spiro atoms. The summed E-state index contributed by atoms with van der Waals surface area (Å²) in [6, 6.07) is 80.2. The van der Waals surface area contributed by atoms with E-state index in [1.165, 1.54) is 23.8 Å². The van der Waals surface area contributed by atoms with E-state index in [0.29, 0.717) is 25.1 Å². The van der Waals surface area contributed by atoms with E-state index in [4.69, 9.17) is 49.4 Å². The summed E-state index contributed by atoms with van der Waals surface area (Å²) in [6.45, 7) is 34.9. The number of ether oxygens (including phenoxy) is 6. The summed E-state index contributed by atoms with van der Waals surface area (Å²) in [5.74, 6) is -3.90. The Morgan fingerprint density at radius 1 is 0.508 bits per heavy atom. The first-order chi connectivity index (χ1) is 56.0. The summed E-state index contributed by atoms with van der Waals surface area (Å²) < 4.78 is 57.3. The van der Waals surface area contributed by atoms with E-state index >= 15 is 0 Å². The van der Waals surface area contributed by atoms with Crippen LogP contribution in [0.1, 0.15) is 198 Å². The molecule has 6 N–H and O–H groups in total. The molecule has 0 fully saturated rings. The third kappa shape index (κ3) is 39.4. The van der Waals surface area contributed by atoms with Gasteiger partial charge in [-0.3, -0.25) is 19.2 Å². The second-order valence-corrected chi connectivity index (χ2v) is 35.1. The minimum Gasteiger partial charge on any atom is -0.499 e. The number of hydrogen-bond acceptors (Lipinski definition) is 19. The quantitative estimate of drug-likeness (QED) is 0.00408. The Hall–Kier alpha value is -10.8. The molecule has 0 saturated heterocycles. The number of methoxy groups -OCH3 is 2. The van der Waals surface area contributed by atoms with Crippen molar-refractivity contribution in [3.8, 4) is 11.8 Å². The maximum absolute atomic E-state index is 12.9. The summed E-state index contributed by atoms with van der Waals surface area (Å²) in [5, 5.41) is 34.8. The molecule has 120 heavy (non-hydrogen) atoms. The lowest BCUT2D eigenvalue weighted by atomic mass is 9.81. The average Bonchev–Trinajstić information content (AvgIpc) is 0.795. The predicted molar refractivity (Wildman–Crippen MR) is 487 cm³/mol. The number of nitrogens with two attached hydrogens (primary N) is 1. The molecular weight excluding hydrogens is 1650 g/mol. The van der Waals surface area contributed by atoms with Gasteiger partial charge < -0.3 is 49.4 Å². The third-order valence-electron chi connectivity index (χ3n) is 17.9. The highest BCUT2D eigenvalue weighted by Crippen LogP contribution is 2.31. The fourth-order valence-corrected chi connectivity index (χ4v) is 11.4. The molecular formula is C97H126IN5O16S. The molecule has 1 aromatic heterocycles. The monoisotopic (exact) mass is 1780 g/mol. The number of H-pyrrole nitrogens is 1. The third-order valence-corrected chi connectivity index (χ3v) is 18.5. The topological polar surface area (TPSA) is 327 Å². The molecule has 0 aliphatic rings. The van der Waals surface area contributed by atoms with Crippen molar-refractivity contribution in [1.29, 1.82) is 10.7 Å². The number of nitrogens with zero attached hydrogens (tertiary/aromatic N) is 2. The van der Waals surface area contributed by atoms with Gasteiger partial charge in [0.05, 0.1) is 51.0 Å². The zero-order valence-corrected chi connectivity index (χ0v) is 76.9. The van der Waals surface area contributed by atoms with Crippen LogP contribution in [-0.2, 0) is 104 Å². The van der Waals surface area contributed by atoms with Crippen molar-refractivity contribution in [3.63, 3.8) is 0 Å². The molecule has 21 nitrogen and oxygen atoms in total. The number of aliphatic hydroxyl groups excluding tert-OH is 2. The average molecular weight is 1780 g/mol. The molecule has 0 saturated carbocycles. The highest BCUT2D eigenvalue weighted by atomic mass is 127. The van der Waals surface area contributed by atoms with Crippen molar-refractivity contribution in [2.75, 3.05) is 38.6 Å². The number of carbonyl (C=O) groups is 4. The van der Waals surface area contributed by atoms with Crippen LogP contribution in [0.2, 0.25) is 0 Å². The van der Waals surface area contributed by atoms with E-state index in [-0.39, 0.29) is 76.8 Å². The highest BCUT2D eigenvalue weighted by Gasteiger charge is 2.33. The second kappa shape index (κ2) is 50.3. The van der Waals surface area contributed by atoms with Crippen LogP contribution in [0.25, 0.3) is 0 Å². The van der Waals surface area contributed by atoms with Crippen LogP contribution in [0.5, 0.6) is 5.75 Å². The number of aromatic amines is 1. The largest absolute Gasteiger partial charge is 0.499 e. The number of esters is 4. The van der Waals surface area contributed by atoms with Gasteiger partial charge in [-0.2, -0.15) is 13.7 Å². The van der Waals surface area contributed by atoms with Gasteiger partial charge in [-0.05, 0) is 116 Å². The van der Waals surface area contributed by atoms with Crippen LogP contribution in [0, 0.1) is 16.7 Å². The number of rotatable bonds is 25. The van der Waals surface area contributed by atoms with Gasteiger partial charge >= 0.3 is 23.9 Å². The molecule has 0 unspecified atom stereocenters. The zero-order chi connectivity index (χ0) is 90.8. The van der Waals surface area contributed by atoms with Crippen LogP contribution < -0.4 is 16.0 Å². The van der Waals surface area contributed by atoms with Gasteiger partial charge in [-0.15, -0.1) is 0 Å². The zero-order valence-electron chi connectivity index (χ0n) is 73.9. The van der Waals surface area contributed by atoms with Gasteiger partial charge in [0.15, 0.2) is 5.69 Å². The lowest BCUT2D eigenvalue weighted by Gasteiger charge is -2.25. The summed E-state index contributed by atoms with van der Waals surface area (Å²) in [6.07, 6.45) is 2.67. The van der Waals surface area contributed by atoms with E-state index in [9.17, 15) is 37.5 Å². The maximum Gasteiger partial charge on any atom is 0.378 e. The van der Waals surface area contributed by atoms with Crippen LogP contribution in [0.3, 0.4) is 0 Å². The lowest BCUT2D eigenvalue weighted by molar-refractivity contribution is -0.155. The number of aliphatic hydroxyl groups is 2. The number of nitrogens with one attached hydrogen (secondary N) is 2. The number of hydrogen-bond donors (Lipinski definition) is 5. The van der Waals surface area contributed by atoms with Gasteiger partial charge in [0.25, 0.3) is 27.2 Å². The number of aromatic nitrogens is 2. The van der Waals surface area contributed by atoms with Crippen molar-refractivity contribution in [2.45, 2.75) is 201 Å². The maximum atomic E-state index is 12.9. The minimum absolute atomic E-state index is 0.00185. The molecule has 9 rings (SSSR count). The van der Waals surface area contributed by atoms with Gasteiger partial charge in [0.2, 0.25) is 5.75 Å². The molecule has 0 bridgehead atoms. The Morgan fingerprint density at radius 2 is 0.867 bits per heavy atom. The number of benzene rings is 8. The summed E-state index contributed by atoms with van der Waals surface area (Å²) in [4.78, 5) is 70.0. The molecule has 23 heteroatoms. The van der Waals surface area contributed by atoms with Crippen molar-refractivity contribution < 1.29 is 70.4 Å². The Bertz CT molecular complexity index is 4800. The smallest absolute Gasteiger partial charge is 0.378 e. The van der Waals surface area contributed by atoms with E-state index in [1.54, 1.807) is 65.8 Å². The number of halogens is 1. The fourth-order valence-electron chi connectivity index (χ4n) is 10.9. The van der Waals surface area contributed by atoms with E-state index in [0.717, 1.165) is 41.2 Å². The number of amidine groups is 1. The first-order valence-corrected chi connectivity index (χ1v) is 42.9. The van der Waals surface area contributed by atoms with Crippen LogP contribution in [0.15, 0.2) is 259 Å². The highest BCUT2D eigenvalue weighted by molar-refractivity contribution is 14.1. The SMILES string of the molecule is CC(C)(C)OC(=O)c1nc(CC(C)(C)c2ccccc2)[nH]c(=O)c1OCc1ccccc1.CC(C)(CC#N)c1ccccc1.CC(C)(CC(=N)N)c1ccccc1.CC(C)(CO)c1ccccc1.CC(C)(COS(C)(=O)=O)c1ccccc1.CI.COC(=O)/C(OCc1ccccc1)=C(\O)C(=O)OC(C)(C)C.COC(=O)C(C)(C)c1ccccc1. The molecule has 1 heterocycles. The summed E-state index contributed by atoms with van der Waals surface area (Å²) >= 11 is 2.15. The molecule has 0 atom stereocenters. The van der Waals surface area contributed by atoms with E-state index in [1.807, 2.05) is 241 Å². The van der Waals surface area contributed by atoms with Gasteiger partial charge in [-0.1, -0.05) is 334 Å². The van der Waals surface area contributed by atoms with Crippen molar-refractivity contribution in [3.05, 3.63) is 321 Å². The fraction of sp³-hybridized carbons (Fsp3) is 0.381. The van der Waals surface area contributed by atoms with Gasteiger partial charge in [-0.25, -0.2) is 19.4 Å². The first-order valence-electron chi connectivity index (χ1n) is 38.9. The minimum atomic E-state index is -3.37. The predicted octanol–water partition coefficient (Wildman–Crippen LogP) is 19.6. The van der Waals surface area contributed by atoms with E-state index in [2.05, 4.69) is 109 Å². The van der Waals surface area contributed by atoms with Crippen LogP contribution >= 0.6 is 22.6 Å². The molecule has 0 amide bonds. The van der Waals surface area contributed by atoms with Crippen molar-refractivity contribution in [2.24, 2.45) is 5.73 Å². The Labute approximate surface area is 726 Å². The Kier molecular flexibility index (Phi) is 44.2. The summed E-state index contributed by atoms with van der Waals surface area (Å²) in [5.41, 5.74) is 10.3. The Balaban J connectivity index is 0.000000491. The van der Waals surface area contributed by atoms with Crippen molar-refractivity contribution in [1.82, 2.24) is 9.97 Å². The molecule has 0 radical (unpaired) electrons. The van der Waals surface area contributed by atoms with Gasteiger partial charge in [0.1, 0.15) is 30.2 Å². The number of alkyl halides is 1. The Morgan fingerprint density at radius 3 is 1.23 bits per heavy atom.